The minimum atomic E-state index is -1.00. The van der Waals surface area contributed by atoms with Crippen molar-refractivity contribution in [1.82, 2.24) is 26.2 Å². The molecular weight excluding hydrogens is 594 g/mol. The highest BCUT2D eigenvalue weighted by Gasteiger charge is 2.29. The van der Waals surface area contributed by atoms with E-state index < -0.39 is 41.9 Å². The van der Waals surface area contributed by atoms with Gasteiger partial charge in [0.2, 0.25) is 23.6 Å². The third-order valence-corrected chi connectivity index (χ3v) is 8.03. The van der Waals surface area contributed by atoms with Crippen molar-refractivity contribution < 1.29 is 24.0 Å². The summed E-state index contributed by atoms with van der Waals surface area (Å²) >= 11 is 0. The topological polar surface area (TPSA) is 137 Å². The largest absolute Gasteiger partial charge is 0.345 e. The molecule has 0 bridgehead atoms. The molecule has 0 heterocycles. The predicted octanol–water partition coefficient (Wildman–Crippen LogP) is 3.58. The number of benzene rings is 2. The zero-order chi connectivity index (χ0) is 34.8. The van der Waals surface area contributed by atoms with Crippen LogP contribution in [0.15, 0.2) is 60.7 Å². The van der Waals surface area contributed by atoms with Crippen molar-refractivity contribution in [2.24, 2.45) is 5.92 Å². The average Bonchev–Trinajstić information content (AvgIpc) is 3.03. The highest BCUT2D eigenvalue weighted by Crippen LogP contribution is 2.09. The minimum absolute atomic E-state index is 0.114. The molecule has 2 aromatic rings. The fourth-order valence-corrected chi connectivity index (χ4v) is 5.34. The molecule has 47 heavy (non-hydrogen) atoms. The van der Waals surface area contributed by atoms with Crippen LogP contribution in [-0.4, -0.2) is 78.1 Å². The van der Waals surface area contributed by atoms with Crippen LogP contribution in [0, 0.1) is 5.92 Å². The molecule has 0 unspecified atom stereocenters. The second-order valence-corrected chi connectivity index (χ2v) is 12.9. The summed E-state index contributed by atoms with van der Waals surface area (Å²) in [6, 6.07) is 15.5. The van der Waals surface area contributed by atoms with Crippen molar-refractivity contribution in [1.29, 1.82) is 0 Å². The first-order valence-electron chi connectivity index (χ1n) is 16.9. The molecule has 0 fully saturated rings. The summed E-state index contributed by atoms with van der Waals surface area (Å²) in [4.78, 5) is 67.1. The number of carbonyl (C=O) groups is 5. The van der Waals surface area contributed by atoms with Gasteiger partial charge in [-0.05, 0) is 70.2 Å². The fraction of sp³-hybridized carbons (Fsp3) is 0.541. The van der Waals surface area contributed by atoms with Gasteiger partial charge < -0.3 is 31.0 Å². The molecule has 0 aromatic heterocycles. The lowest BCUT2D eigenvalue weighted by molar-refractivity contribution is -0.133. The van der Waals surface area contributed by atoms with E-state index in [2.05, 4.69) is 46.9 Å². The standard InChI is InChI=1S/C37H55N5O5/c1-7-42(27(4)5)21-15-14-20-31(25-43)39-37(47)33(24-30-18-12-9-13-19-30)41-35(45)28(6)38-36(46)32(40-34(44)22-26(2)3)23-29-16-10-8-11-17-29/h8-13,16-19,25-28,31-33H,7,14-15,20-24H2,1-6H3,(H,38,46)(H,39,47)(H,40,44)(H,41,45)/t28-,31-,32-,33-/m0/s1. The molecule has 0 spiro atoms. The molecule has 10 heteroatoms. The summed E-state index contributed by atoms with van der Waals surface area (Å²) in [5, 5.41) is 11.1. The summed E-state index contributed by atoms with van der Waals surface area (Å²) in [6.45, 7) is 13.7. The van der Waals surface area contributed by atoms with Crippen LogP contribution in [0.3, 0.4) is 0 Å². The molecule has 4 atom stereocenters. The predicted molar refractivity (Wildman–Crippen MR) is 185 cm³/mol. The first-order chi connectivity index (χ1) is 22.4. The van der Waals surface area contributed by atoms with Crippen LogP contribution in [0.4, 0.5) is 0 Å². The van der Waals surface area contributed by atoms with Crippen LogP contribution in [-0.2, 0) is 36.8 Å². The molecule has 0 aliphatic carbocycles. The molecule has 10 nitrogen and oxygen atoms in total. The maximum absolute atomic E-state index is 13.5. The van der Waals surface area contributed by atoms with Gasteiger partial charge in [-0.2, -0.15) is 0 Å². The first-order valence-corrected chi connectivity index (χ1v) is 16.9. The van der Waals surface area contributed by atoms with E-state index in [1.54, 1.807) is 0 Å². The van der Waals surface area contributed by atoms with E-state index in [0.717, 1.165) is 43.3 Å². The van der Waals surface area contributed by atoms with E-state index in [9.17, 15) is 24.0 Å². The Bertz CT molecular complexity index is 1250. The number of amides is 4. The van der Waals surface area contributed by atoms with Gasteiger partial charge in [-0.1, -0.05) is 81.4 Å². The highest BCUT2D eigenvalue weighted by molar-refractivity contribution is 5.94. The maximum atomic E-state index is 13.5. The van der Waals surface area contributed by atoms with Crippen LogP contribution >= 0.6 is 0 Å². The molecule has 0 saturated carbocycles. The number of aldehydes is 1. The Hall–Kier alpha value is -4.05. The Labute approximate surface area is 280 Å². The van der Waals surface area contributed by atoms with E-state index in [1.165, 1.54) is 6.92 Å². The van der Waals surface area contributed by atoms with Gasteiger partial charge in [-0.25, -0.2) is 0 Å². The molecule has 2 rings (SSSR count). The lowest BCUT2D eigenvalue weighted by Crippen LogP contribution is -2.57. The average molecular weight is 650 g/mol. The van der Waals surface area contributed by atoms with Crippen LogP contribution in [0.1, 0.15) is 78.4 Å². The van der Waals surface area contributed by atoms with Gasteiger partial charge >= 0.3 is 0 Å². The number of nitrogens with one attached hydrogen (secondary N) is 4. The van der Waals surface area contributed by atoms with Crippen LogP contribution in [0.5, 0.6) is 0 Å². The van der Waals surface area contributed by atoms with Crippen molar-refractivity contribution in [2.75, 3.05) is 13.1 Å². The Morgan fingerprint density at radius 2 is 1.23 bits per heavy atom. The Balaban J connectivity index is 2.09. The fourth-order valence-electron chi connectivity index (χ4n) is 5.34. The lowest BCUT2D eigenvalue weighted by Gasteiger charge is -2.25. The van der Waals surface area contributed by atoms with Gasteiger partial charge in [0.1, 0.15) is 24.4 Å². The van der Waals surface area contributed by atoms with Crippen molar-refractivity contribution in [2.45, 2.75) is 110 Å². The molecular formula is C37H55N5O5. The van der Waals surface area contributed by atoms with Gasteiger partial charge in [0.25, 0.3) is 0 Å². The number of rotatable bonds is 21. The number of unbranched alkanes of at least 4 members (excludes halogenated alkanes) is 1. The zero-order valence-electron chi connectivity index (χ0n) is 29.0. The van der Waals surface area contributed by atoms with Gasteiger partial charge in [0, 0.05) is 25.3 Å². The third-order valence-electron chi connectivity index (χ3n) is 8.03. The van der Waals surface area contributed by atoms with E-state index in [1.807, 2.05) is 74.5 Å². The zero-order valence-corrected chi connectivity index (χ0v) is 29.0. The van der Waals surface area contributed by atoms with Crippen molar-refractivity contribution >= 4 is 29.9 Å². The van der Waals surface area contributed by atoms with E-state index in [0.29, 0.717) is 12.5 Å². The number of carbonyl (C=O) groups excluding carboxylic acids is 5. The summed E-state index contributed by atoms with van der Waals surface area (Å²) in [5.74, 6) is -1.67. The summed E-state index contributed by atoms with van der Waals surface area (Å²) < 4.78 is 0. The molecule has 0 saturated heterocycles. The number of hydrogen-bond acceptors (Lipinski definition) is 6. The molecule has 0 aliphatic rings. The van der Waals surface area contributed by atoms with Crippen molar-refractivity contribution in [3.63, 3.8) is 0 Å². The number of hydrogen-bond donors (Lipinski definition) is 4. The quantitative estimate of drug-likeness (QED) is 0.121. The maximum Gasteiger partial charge on any atom is 0.243 e. The van der Waals surface area contributed by atoms with Crippen molar-refractivity contribution in [3.05, 3.63) is 71.8 Å². The minimum Gasteiger partial charge on any atom is -0.345 e. The summed E-state index contributed by atoms with van der Waals surface area (Å²) in [5.41, 5.74) is 1.69. The SMILES string of the molecule is CCN(CCCC[C@@H](C=O)NC(=O)[C@H](Cc1ccccc1)NC(=O)[C@H](C)NC(=O)[C@H](Cc1ccccc1)NC(=O)CC(C)C)C(C)C. The van der Waals surface area contributed by atoms with Gasteiger partial charge in [0.15, 0.2) is 0 Å². The second kappa shape index (κ2) is 20.9. The highest BCUT2D eigenvalue weighted by atomic mass is 16.2. The summed E-state index contributed by atoms with van der Waals surface area (Å²) in [7, 11) is 0. The van der Waals surface area contributed by atoms with Crippen LogP contribution in [0.25, 0.3) is 0 Å². The van der Waals surface area contributed by atoms with E-state index >= 15 is 0 Å². The van der Waals surface area contributed by atoms with Crippen LogP contribution < -0.4 is 21.3 Å². The van der Waals surface area contributed by atoms with E-state index in [-0.39, 0.29) is 31.1 Å². The first kappa shape index (κ1) is 39.1. The smallest absolute Gasteiger partial charge is 0.243 e. The molecule has 4 amide bonds. The Morgan fingerprint density at radius 3 is 1.72 bits per heavy atom. The third kappa shape index (κ3) is 14.9. The summed E-state index contributed by atoms with van der Waals surface area (Å²) in [6.07, 6.45) is 3.62. The molecule has 0 aliphatic heterocycles. The normalized spacial score (nSPS) is 13.8. The lowest BCUT2D eigenvalue weighted by atomic mass is 10.0. The Morgan fingerprint density at radius 1 is 0.702 bits per heavy atom. The monoisotopic (exact) mass is 649 g/mol. The van der Waals surface area contributed by atoms with Crippen LogP contribution in [0.2, 0.25) is 0 Å². The van der Waals surface area contributed by atoms with Gasteiger partial charge in [-0.15, -0.1) is 0 Å². The molecule has 0 radical (unpaired) electrons. The number of nitrogens with zero attached hydrogens (tertiary/aromatic N) is 1. The molecule has 4 N–H and O–H groups in total. The molecule has 258 valence electrons. The van der Waals surface area contributed by atoms with Crippen molar-refractivity contribution in [3.8, 4) is 0 Å². The van der Waals surface area contributed by atoms with Gasteiger partial charge in [0.05, 0.1) is 6.04 Å². The van der Waals surface area contributed by atoms with Gasteiger partial charge in [-0.3, -0.25) is 19.2 Å². The Kier molecular flexibility index (Phi) is 17.4. The van der Waals surface area contributed by atoms with E-state index in [4.69, 9.17) is 0 Å². The molecule has 2 aromatic carbocycles. The second-order valence-electron chi connectivity index (χ2n) is 12.9.